The first-order valence-corrected chi connectivity index (χ1v) is 12.4. The smallest absolute Gasteiger partial charge is 0.330 e. The predicted molar refractivity (Wildman–Crippen MR) is 142 cm³/mol. The van der Waals surface area contributed by atoms with Gasteiger partial charge in [0, 0.05) is 27.3 Å². The molecule has 0 saturated carbocycles. The number of hydrogen-bond donors (Lipinski definition) is 0. The van der Waals surface area contributed by atoms with E-state index in [1.165, 1.54) is 33.4 Å². The van der Waals surface area contributed by atoms with Crippen molar-refractivity contribution in [3.8, 4) is 22.6 Å². The van der Waals surface area contributed by atoms with Crippen LogP contribution in [0.15, 0.2) is 54.6 Å². The number of hydrogen-bond acceptors (Lipinski definition) is 2. The monoisotopic (exact) mass is 455 g/mol. The molecule has 0 amide bonds. The molecule has 0 spiro atoms. The summed E-state index contributed by atoms with van der Waals surface area (Å²) in [6.45, 7) is 13.2. The zero-order valence-corrected chi connectivity index (χ0v) is 21.7. The first kappa shape index (κ1) is 22.7. The molecule has 1 heterocycles. The van der Waals surface area contributed by atoms with E-state index in [2.05, 4.69) is 105 Å². The SMILES string of the molecule is CC1(C)c2ccc([B]OC(C)(C)C(C)(C)P)cc2Oc2c1ccc1c2CCc2ccccc2-1. The molecule has 1 aliphatic heterocycles. The fraction of sp³-hybridized carbons (Fsp3) is 0.379. The Morgan fingerprint density at radius 2 is 1.64 bits per heavy atom. The van der Waals surface area contributed by atoms with Crippen LogP contribution in [0.4, 0.5) is 0 Å². The van der Waals surface area contributed by atoms with Gasteiger partial charge >= 0.3 is 7.48 Å². The second-order valence-corrected chi connectivity index (χ2v) is 12.5. The van der Waals surface area contributed by atoms with Crippen molar-refractivity contribution < 1.29 is 9.39 Å². The number of benzene rings is 3. The summed E-state index contributed by atoms with van der Waals surface area (Å²) in [5, 5.41) is -0.0511. The molecule has 0 bridgehead atoms. The minimum Gasteiger partial charge on any atom is -0.456 e. The van der Waals surface area contributed by atoms with Gasteiger partial charge in [-0.2, -0.15) is 0 Å². The van der Waals surface area contributed by atoms with Crippen LogP contribution in [0.2, 0.25) is 0 Å². The van der Waals surface area contributed by atoms with E-state index in [4.69, 9.17) is 9.39 Å². The van der Waals surface area contributed by atoms with E-state index in [-0.39, 0.29) is 16.2 Å². The quantitative estimate of drug-likeness (QED) is 0.327. The molecule has 0 aromatic heterocycles. The molecule has 169 valence electrons. The van der Waals surface area contributed by atoms with Gasteiger partial charge in [0.05, 0.1) is 5.60 Å². The number of rotatable bonds is 4. The van der Waals surface area contributed by atoms with E-state index in [0.717, 1.165) is 29.8 Å². The zero-order valence-electron chi connectivity index (χ0n) is 20.6. The van der Waals surface area contributed by atoms with E-state index in [1.807, 2.05) is 7.48 Å². The van der Waals surface area contributed by atoms with Crippen LogP contribution < -0.4 is 10.2 Å². The average molecular weight is 455 g/mol. The van der Waals surface area contributed by atoms with Gasteiger partial charge in [-0.15, -0.1) is 9.24 Å². The summed E-state index contributed by atoms with van der Waals surface area (Å²) < 4.78 is 12.9. The minimum absolute atomic E-state index is 0.0511. The molecule has 3 aromatic rings. The zero-order chi connectivity index (χ0) is 23.6. The molecule has 0 N–H and O–H groups in total. The molecular formula is C29H33BO2P. The third-order valence-corrected chi connectivity index (χ3v) is 8.51. The second-order valence-electron chi connectivity index (χ2n) is 11.1. The second kappa shape index (κ2) is 7.72. The van der Waals surface area contributed by atoms with Crippen LogP contribution in [-0.2, 0) is 22.9 Å². The fourth-order valence-electron chi connectivity index (χ4n) is 4.83. The molecule has 4 heteroatoms. The van der Waals surface area contributed by atoms with Crippen molar-refractivity contribution in [2.45, 2.75) is 70.6 Å². The summed E-state index contributed by atoms with van der Waals surface area (Å²) in [7, 11) is 4.76. The maximum atomic E-state index is 6.69. The summed E-state index contributed by atoms with van der Waals surface area (Å²) in [4.78, 5) is 0. The van der Waals surface area contributed by atoms with Gasteiger partial charge in [-0.3, -0.25) is 0 Å². The predicted octanol–water partition coefficient (Wildman–Crippen LogP) is 6.58. The Kier molecular flexibility index (Phi) is 5.31. The van der Waals surface area contributed by atoms with Gasteiger partial charge < -0.3 is 9.39 Å². The van der Waals surface area contributed by atoms with Gasteiger partial charge in [-0.05, 0) is 54.9 Å². The van der Waals surface area contributed by atoms with Crippen LogP contribution >= 0.6 is 9.24 Å². The molecule has 0 fully saturated rings. The Balaban J connectivity index is 1.52. The van der Waals surface area contributed by atoms with Crippen molar-refractivity contribution in [1.29, 1.82) is 0 Å². The van der Waals surface area contributed by atoms with Crippen LogP contribution in [0.3, 0.4) is 0 Å². The summed E-state index contributed by atoms with van der Waals surface area (Å²) >= 11 is 0. The summed E-state index contributed by atoms with van der Waals surface area (Å²) in [5.41, 5.74) is 8.47. The number of ether oxygens (including phenoxy) is 1. The Hall–Kier alpha value is -2.09. The maximum absolute atomic E-state index is 6.69. The number of fused-ring (bicyclic) bond motifs is 6. The lowest BCUT2D eigenvalue weighted by Gasteiger charge is -2.39. The molecule has 5 rings (SSSR count). The van der Waals surface area contributed by atoms with Gasteiger partial charge in [0.1, 0.15) is 11.5 Å². The Labute approximate surface area is 201 Å². The van der Waals surface area contributed by atoms with Gasteiger partial charge in [0.2, 0.25) is 0 Å². The molecule has 1 atom stereocenters. The highest BCUT2D eigenvalue weighted by molar-refractivity contribution is 7.19. The van der Waals surface area contributed by atoms with Crippen LogP contribution in [0.5, 0.6) is 11.5 Å². The summed E-state index contributed by atoms with van der Waals surface area (Å²) in [6, 6.07) is 19.8. The number of aryl methyl sites for hydroxylation is 1. The first-order chi connectivity index (χ1) is 15.5. The molecule has 1 unspecified atom stereocenters. The maximum Gasteiger partial charge on any atom is 0.330 e. The molecule has 2 nitrogen and oxygen atoms in total. The van der Waals surface area contributed by atoms with E-state index in [0.29, 0.717) is 0 Å². The Morgan fingerprint density at radius 1 is 0.909 bits per heavy atom. The normalized spacial score (nSPS) is 16.1. The lowest BCUT2D eigenvalue weighted by molar-refractivity contribution is 0.0841. The molecular weight excluding hydrogens is 422 g/mol. The van der Waals surface area contributed by atoms with Crippen LogP contribution in [0, 0.1) is 0 Å². The van der Waals surface area contributed by atoms with Crippen molar-refractivity contribution in [2.75, 3.05) is 0 Å². The first-order valence-electron chi connectivity index (χ1n) is 11.9. The molecule has 1 aliphatic carbocycles. The molecule has 0 saturated heterocycles. The van der Waals surface area contributed by atoms with Gasteiger partial charge in [0.15, 0.2) is 0 Å². The van der Waals surface area contributed by atoms with E-state index in [1.54, 1.807) is 0 Å². The van der Waals surface area contributed by atoms with Crippen molar-refractivity contribution in [1.82, 2.24) is 0 Å². The lowest BCUT2D eigenvalue weighted by Crippen LogP contribution is -2.45. The Morgan fingerprint density at radius 3 is 2.39 bits per heavy atom. The van der Waals surface area contributed by atoms with Gasteiger partial charge in [-0.25, -0.2) is 0 Å². The van der Waals surface area contributed by atoms with Crippen molar-refractivity contribution in [3.63, 3.8) is 0 Å². The standard InChI is InChI=1S/C29H33BO2P/c1-27(2)23-15-12-19(30-32-28(3,4)29(5,6)33)17-25(23)31-26-22-13-11-18-9-7-8-10-20(18)21(22)14-16-24(26)27/h7-10,12,14-17H,11,13,33H2,1-6H3. The van der Waals surface area contributed by atoms with Crippen LogP contribution in [-0.4, -0.2) is 18.2 Å². The Bertz CT molecular complexity index is 1240. The van der Waals surface area contributed by atoms with E-state index in [9.17, 15) is 0 Å². The molecule has 3 aromatic carbocycles. The van der Waals surface area contributed by atoms with Crippen LogP contribution in [0.25, 0.3) is 11.1 Å². The minimum atomic E-state index is -0.313. The van der Waals surface area contributed by atoms with E-state index < -0.39 is 0 Å². The summed E-state index contributed by atoms with van der Waals surface area (Å²) in [5.74, 6) is 1.98. The highest BCUT2D eigenvalue weighted by Crippen LogP contribution is 2.52. The summed E-state index contributed by atoms with van der Waals surface area (Å²) in [6.07, 6.45) is 2.06. The highest BCUT2D eigenvalue weighted by Gasteiger charge is 2.38. The van der Waals surface area contributed by atoms with E-state index >= 15 is 0 Å². The van der Waals surface area contributed by atoms with Gasteiger partial charge in [0.25, 0.3) is 0 Å². The fourth-order valence-corrected chi connectivity index (χ4v) is 4.90. The molecule has 33 heavy (non-hydrogen) atoms. The largest absolute Gasteiger partial charge is 0.456 e. The van der Waals surface area contributed by atoms with Crippen molar-refractivity contribution >= 4 is 22.2 Å². The average Bonchev–Trinajstić information content (AvgIpc) is 2.76. The van der Waals surface area contributed by atoms with Crippen LogP contribution in [0.1, 0.15) is 63.8 Å². The highest BCUT2D eigenvalue weighted by atomic mass is 31.0. The van der Waals surface area contributed by atoms with Crippen molar-refractivity contribution in [3.05, 3.63) is 76.9 Å². The molecule has 1 radical (unpaired) electrons. The topological polar surface area (TPSA) is 18.5 Å². The molecule has 2 aliphatic rings. The third-order valence-electron chi connectivity index (χ3n) is 7.82. The van der Waals surface area contributed by atoms with Gasteiger partial charge in [-0.1, -0.05) is 76.2 Å². The van der Waals surface area contributed by atoms with Crippen molar-refractivity contribution in [2.24, 2.45) is 0 Å². The lowest BCUT2D eigenvalue weighted by atomic mass is 9.72. The third kappa shape index (κ3) is 3.74.